The Labute approximate surface area is 167 Å². The number of fused-ring (bicyclic) bond motifs is 2. The third-order valence-electron chi connectivity index (χ3n) is 5.15. The molecule has 0 spiro atoms. The molecule has 4 rings (SSSR count). The maximum atomic E-state index is 12.8. The van der Waals surface area contributed by atoms with Crippen molar-refractivity contribution in [1.29, 1.82) is 0 Å². The van der Waals surface area contributed by atoms with Gasteiger partial charge < -0.3 is 9.84 Å². The van der Waals surface area contributed by atoms with E-state index in [-0.39, 0.29) is 23.1 Å². The average Bonchev–Trinajstić information content (AvgIpc) is 3.17. The number of nitrogens with zero attached hydrogens (tertiary/aromatic N) is 1. The van der Waals surface area contributed by atoms with E-state index in [1.807, 2.05) is 0 Å². The first-order valence-electron chi connectivity index (χ1n) is 9.47. The summed E-state index contributed by atoms with van der Waals surface area (Å²) in [6.45, 7) is 3.77. The van der Waals surface area contributed by atoms with Crippen molar-refractivity contribution in [3.63, 3.8) is 0 Å². The van der Waals surface area contributed by atoms with Crippen molar-refractivity contribution in [1.82, 2.24) is 0 Å². The minimum atomic E-state index is -0.368. The van der Waals surface area contributed by atoms with Crippen LogP contribution >= 0.6 is 11.3 Å². The van der Waals surface area contributed by atoms with Crippen molar-refractivity contribution in [2.24, 2.45) is 4.99 Å². The van der Waals surface area contributed by atoms with E-state index < -0.39 is 0 Å². The number of esters is 1. The van der Waals surface area contributed by atoms with E-state index in [4.69, 9.17) is 4.74 Å². The quantitative estimate of drug-likeness (QED) is 0.580. The largest absolute Gasteiger partial charge is 0.506 e. The molecule has 2 aliphatic carbocycles. The number of carbonyl (C=O) groups is 2. The molecule has 0 radical (unpaired) electrons. The number of benzene rings is 1. The van der Waals surface area contributed by atoms with Crippen LogP contribution in [0.15, 0.2) is 34.8 Å². The van der Waals surface area contributed by atoms with Crippen LogP contribution < -0.4 is 0 Å². The molecule has 1 N–H and O–H groups in total. The molecule has 5 nitrogen and oxygen atoms in total. The fourth-order valence-electron chi connectivity index (χ4n) is 3.85. The molecule has 0 unspecified atom stereocenters. The molecule has 0 aliphatic heterocycles. The number of ketones is 1. The van der Waals surface area contributed by atoms with Crippen LogP contribution in [-0.2, 0) is 17.6 Å². The molecule has 0 bridgehead atoms. The number of aliphatic imine (C=N–C) groups is 1. The van der Waals surface area contributed by atoms with Gasteiger partial charge in [0, 0.05) is 16.0 Å². The Morgan fingerprint density at radius 3 is 2.64 bits per heavy atom. The summed E-state index contributed by atoms with van der Waals surface area (Å²) in [5.41, 5.74) is 3.14. The molecular formula is C22H21NO4S. The van der Waals surface area contributed by atoms with Crippen LogP contribution in [-0.4, -0.2) is 29.2 Å². The van der Waals surface area contributed by atoms with Crippen molar-refractivity contribution in [3.8, 4) is 0 Å². The van der Waals surface area contributed by atoms with Gasteiger partial charge in [0.1, 0.15) is 10.8 Å². The molecule has 0 atom stereocenters. The Morgan fingerprint density at radius 2 is 1.93 bits per heavy atom. The van der Waals surface area contributed by atoms with Crippen LogP contribution in [0, 0.1) is 0 Å². The second-order valence-electron chi connectivity index (χ2n) is 6.91. The lowest BCUT2D eigenvalue weighted by molar-refractivity contribution is 0.0526. The highest BCUT2D eigenvalue weighted by molar-refractivity contribution is 7.16. The third kappa shape index (κ3) is 2.98. The summed E-state index contributed by atoms with van der Waals surface area (Å²) in [6.07, 6.45) is 3.90. The number of hydrogen-bond acceptors (Lipinski definition) is 6. The monoisotopic (exact) mass is 395 g/mol. The number of allylic oxidation sites excluding steroid dienone is 1. The summed E-state index contributed by atoms with van der Waals surface area (Å²) in [6, 6.07) is 6.97. The summed E-state index contributed by atoms with van der Waals surface area (Å²) in [5, 5.41) is 11.1. The van der Waals surface area contributed by atoms with E-state index in [1.54, 1.807) is 38.1 Å². The standard InChI is InChI=1S/C22H21NO4S/c1-3-27-22(26)18-15-10-6-7-11-16(15)28-21(18)23-12(2)17-19(24)13-8-4-5-9-14(13)20(17)25/h4-5,8-9,24H,3,6-7,10-11H2,1-2H3. The van der Waals surface area contributed by atoms with E-state index in [9.17, 15) is 14.7 Å². The van der Waals surface area contributed by atoms with Gasteiger partial charge in [0.05, 0.1) is 23.5 Å². The van der Waals surface area contributed by atoms with Gasteiger partial charge in [-0.25, -0.2) is 9.79 Å². The summed E-state index contributed by atoms with van der Waals surface area (Å²) < 4.78 is 5.26. The molecule has 0 saturated heterocycles. The molecule has 0 fully saturated rings. The zero-order chi connectivity index (χ0) is 19.8. The Kier molecular flexibility index (Phi) is 4.89. The number of ether oxygens (including phenoxy) is 1. The third-order valence-corrected chi connectivity index (χ3v) is 6.34. The zero-order valence-electron chi connectivity index (χ0n) is 15.9. The minimum absolute atomic E-state index is 0.0548. The highest BCUT2D eigenvalue weighted by Gasteiger charge is 2.32. The van der Waals surface area contributed by atoms with Crippen LogP contribution in [0.5, 0.6) is 0 Å². The second kappa shape index (κ2) is 7.36. The van der Waals surface area contributed by atoms with Gasteiger partial charge in [-0.15, -0.1) is 11.3 Å². The number of aryl methyl sites for hydroxylation is 1. The Balaban J connectivity index is 1.79. The summed E-state index contributed by atoms with van der Waals surface area (Å²) in [7, 11) is 0. The number of Topliss-reactive ketones (excluding diaryl/α,β-unsaturated/α-hetero) is 1. The van der Waals surface area contributed by atoms with Crippen molar-refractivity contribution >= 4 is 39.6 Å². The van der Waals surface area contributed by atoms with Crippen LogP contribution in [0.2, 0.25) is 0 Å². The molecular weight excluding hydrogens is 374 g/mol. The first kappa shape index (κ1) is 18.6. The van der Waals surface area contributed by atoms with Gasteiger partial charge in [0.25, 0.3) is 0 Å². The molecule has 6 heteroatoms. The fraction of sp³-hybridized carbons (Fsp3) is 0.318. The maximum absolute atomic E-state index is 12.8. The molecule has 144 valence electrons. The van der Waals surface area contributed by atoms with Crippen LogP contribution in [0.3, 0.4) is 0 Å². The van der Waals surface area contributed by atoms with Gasteiger partial charge in [-0.3, -0.25) is 4.79 Å². The minimum Gasteiger partial charge on any atom is -0.506 e. The number of aliphatic hydroxyl groups is 1. The van der Waals surface area contributed by atoms with Crippen molar-refractivity contribution in [2.45, 2.75) is 39.5 Å². The molecule has 0 saturated carbocycles. The average molecular weight is 395 g/mol. The molecule has 1 heterocycles. The number of hydrogen-bond donors (Lipinski definition) is 1. The molecule has 2 aliphatic rings. The summed E-state index contributed by atoms with van der Waals surface area (Å²) in [4.78, 5) is 31.2. The van der Waals surface area contributed by atoms with E-state index in [0.29, 0.717) is 34.0 Å². The Hall–Kier alpha value is -2.73. The van der Waals surface area contributed by atoms with Crippen molar-refractivity contribution < 1.29 is 19.4 Å². The van der Waals surface area contributed by atoms with E-state index in [2.05, 4.69) is 4.99 Å². The van der Waals surface area contributed by atoms with Crippen LogP contribution in [0.25, 0.3) is 5.76 Å². The van der Waals surface area contributed by atoms with Gasteiger partial charge in [0.15, 0.2) is 5.78 Å². The zero-order valence-corrected chi connectivity index (χ0v) is 16.7. The van der Waals surface area contributed by atoms with Gasteiger partial charge in [-0.05, 0) is 45.1 Å². The maximum Gasteiger partial charge on any atom is 0.341 e. The normalized spacial score (nSPS) is 16.2. The Bertz CT molecular complexity index is 1040. The fourth-order valence-corrected chi connectivity index (χ4v) is 5.15. The van der Waals surface area contributed by atoms with E-state index in [0.717, 1.165) is 31.2 Å². The summed E-state index contributed by atoms with van der Waals surface area (Å²) >= 11 is 1.49. The lowest BCUT2D eigenvalue weighted by Gasteiger charge is -2.12. The van der Waals surface area contributed by atoms with Gasteiger partial charge in [-0.1, -0.05) is 24.3 Å². The van der Waals surface area contributed by atoms with Crippen molar-refractivity contribution in [3.05, 3.63) is 57.0 Å². The molecule has 1 aromatic heterocycles. The van der Waals surface area contributed by atoms with Gasteiger partial charge >= 0.3 is 5.97 Å². The predicted octanol–water partition coefficient (Wildman–Crippen LogP) is 5.06. The highest BCUT2D eigenvalue weighted by atomic mass is 32.1. The smallest absolute Gasteiger partial charge is 0.341 e. The number of thiophene rings is 1. The molecule has 28 heavy (non-hydrogen) atoms. The lowest BCUT2D eigenvalue weighted by Crippen LogP contribution is -2.10. The van der Waals surface area contributed by atoms with Crippen LogP contribution in [0.4, 0.5) is 5.00 Å². The van der Waals surface area contributed by atoms with Gasteiger partial charge in [0.2, 0.25) is 0 Å². The van der Waals surface area contributed by atoms with E-state index >= 15 is 0 Å². The molecule has 0 amide bonds. The second-order valence-corrected chi connectivity index (χ2v) is 7.99. The Morgan fingerprint density at radius 1 is 1.21 bits per heavy atom. The number of aliphatic hydroxyl groups excluding tert-OH is 1. The number of carbonyl (C=O) groups excluding carboxylic acids is 2. The first-order chi connectivity index (χ1) is 13.5. The first-order valence-corrected chi connectivity index (χ1v) is 10.3. The molecule has 2 aromatic rings. The molecule has 1 aromatic carbocycles. The number of rotatable bonds is 4. The van der Waals surface area contributed by atoms with Crippen LogP contribution in [0.1, 0.15) is 63.4 Å². The SMILES string of the molecule is CCOC(=O)c1c(N=C(C)C2=C(O)c3ccccc3C2=O)sc2c1CCCC2. The lowest BCUT2D eigenvalue weighted by atomic mass is 9.95. The highest BCUT2D eigenvalue weighted by Crippen LogP contribution is 2.41. The van der Waals surface area contributed by atoms with Gasteiger partial charge in [-0.2, -0.15) is 0 Å². The van der Waals surface area contributed by atoms with Crippen molar-refractivity contribution in [2.75, 3.05) is 6.61 Å². The summed E-state index contributed by atoms with van der Waals surface area (Å²) in [5.74, 6) is -0.665. The topological polar surface area (TPSA) is 76.0 Å². The predicted molar refractivity (Wildman–Crippen MR) is 110 cm³/mol. The van der Waals surface area contributed by atoms with E-state index in [1.165, 1.54) is 16.2 Å².